The first-order valence-electron chi connectivity index (χ1n) is 8.67. The van der Waals surface area contributed by atoms with E-state index in [0.717, 1.165) is 37.0 Å². The van der Waals surface area contributed by atoms with Crippen LogP contribution in [0.5, 0.6) is 0 Å². The third kappa shape index (κ3) is 2.84. The molecule has 2 aromatic carbocycles. The summed E-state index contributed by atoms with van der Waals surface area (Å²) >= 11 is 0. The molecule has 1 fully saturated rings. The zero-order valence-electron chi connectivity index (χ0n) is 14.5. The molecule has 26 heavy (non-hydrogen) atoms. The van der Waals surface area contributed by atoms with E-state index in [1.165, 1.54) is 18.3 Å². The van der Waals surface area contributed by atoms with Gasteiger partial charge in [-0.2, -0.15) is 0 Å². The summed E-state index contributed by atoms with van der Waals surface area (Å²) in [6.45, 7) is 3.46. The summed E-state index contributed by atoms with van der Waals surface area (Å²) in [6, 6.07) is 11.2. The van der Waals surface area contributed by atoms with Gasteiger partial charge >= 0.3 is 0 Å². The van der Waals surface area contributed by atoms with Gasteiger partial charge in [0.1, 0.15) is 5.82 Å². The lowest BCUT2D eigenvalue weighted by Crippen LogP contribution is -2.23. The van der Waals surface area contributed by atoms with Crippen LogP contribution in [0.15, 0.2) is 58.5 Å². The molecule has 3 aromatic rings. The van der Waals surface area contributed by atoms with Crippen molar-refractivity contribution in [1.82, 2.24) is 0 Å². The van der Waals surface area contributed by atoms with E-state index < -0.39 is 9.84 Å². The van der Waals surface area contributed by atoms with E-state index in [0.29, 0.717) is 11.1 Å². The number of sulfone groups is 1. The maximum absolute atomic E-state index is 13.9. The Hall–Kier alpha value is -2.47. The standard InChI is InChI=1S/C20H19FN2O2S/c1-14-4-7-16(8-5-14)26(24,25)19-13-22-18-9-6-15(21)12-17(18)20(19)23-10-2-3-11-23/h4-9,12-13H,2-3,10-11H2,1H3/p+1. The smallest absolute Gasteiger partial charge is 0.214 e. The van der Waals surface area contributed by atoms with Gasteiger partial charge in [-0.25, -0.2) is 17.8 Å². The maximum Gasteiger partial charge on any atom is 0.214 e. The number of aryl methyl sites for hydroxylation is 1. The summed E-state index contributed by atoms with van der Waals surface area (Å²) in [5, 5.41) is 0.597. The van der Waals surface area contributed by atoms with Crippen molar-refractivity contribution in [1.29, 1.82) is 0 Å². The van der Waals surface area contributed by atoms with Gasteiger partial charge in [0, 0.05) is 19.2 Å². The van der Waals surface area contributed by atoms with Crippen LogP contribution in [0.3, 0.4) is 0 Å². The average Bonchev–Trinajstić information content (AvgIpc) is 3.15. The number of H-pyrrole nitrogens is 1. The molecular formula is C20H20FN2O2S+. The lowest BCUT2D eigenvalue weighted by atomic mass is 10.1. The molecule has 0 amide bonds. The van der Waals surface area contributed by atoms with E-state index in [2.05, 4.69) is 9.88 Å². The van der Waals surface area contributed by atoms with Crippen LogP contribution >= 0.6 is 0 Å². The summed E-state index contributed by atoms with van der Waals surface area (Å²) in [5.74, 6) is -0.378. The number of pyridine rings is 1. The van der Waals surface area contributed by atoms with Crippen LogP contribution in [-0.4, -0.2) is 21.5 Å². The minimum atomic E-state index is -3.72. The predicted octanol–water partition coefficient (Wildman–Crippen LogP) is 3.53. The molecule has 1 aromatic heterocycles. The highest BCUT2D eigenvalue weighted by Crippen LogP contribution is 2.36. The number of nitrogens with one attached hydrogen (secondary N) is 1. The van der Waals surface area contributed by atoms with Gasteiger partial charge in [-0.15, -0.1) is 0 Å². The largest absolute Gasteiger partial charge is 0.370 e. The van der Waals surface area contributed by atoms with Gasteiger partial charge in [0.15, 0.2) is 11.1 Å². The second-order valence-electron chi connectivity index (χ2n) is 6.70. The Labute approximate surface area is 152 Å². The summed E-state index contributed by atoms with van der Waals surface area (Å²) in [4.78, 5) is 5.52. The molecule has 6 heteroatoms. The van der Waals surface area contributed by atoms with E-state index in [1.54, 1.807) is 30.3 Å². The monoisotopic (exact) mass is 371 g/mol. The fraction of sp³-hybridized carbons (Fsp3) is 0.250. The second kappa shape index (κ2) is 6.36. The molecule has 0 aliphatic carbocycles. The van der Waals surface area contributed by atoms with Crippen molar-refractivity contribution in [2.75, 3.05) is 18.0 Å². The Balaban J connectivity index is 1.99. The Morgan fingerprint density at radius 1 is 1.04 bits per heavy atom. The van der Waals surface area contributed by atoms with Gasteiger partial charge in [-0.1, -0.05) is 17.7 Å². The van der Waals surface area contributed by atoms with Crippen LogP contribution in [-0.2, 0) is 9.84 Å². The van der Waals surface area contributed by atoms with Gasteiger partial charge in [-0.05, 0) is 44.0 Å². The van der Waals surface area contributed by atoms with E-state index in [-0.39, 0.29) is 15.6 Å². The zero-order chi connectivity index (χ0) is 18.3. The molecule has 0 unspecified atom stereocenters. The number of aromatic nitrogens is 1. The van der Waals surface area contributed by atoms with Gasteiger partial charge in [0.05, 0.1) is 16.0 Å². The molecule has 1 saturated heterocycles. The number of nitrogens with zero attached hydrogens (tertiary/aromatic N) is 1. The number of hydrogen-bond donors (Lipinski definition) is 0. The number of rotatable bonds is 3. The van der Waals surface area contributed by atoms with E-state index in [1.807, 2.05) is 6.92 Å². The zero-order valence-corrected chi connectivity index (χ0v) is 15.3. The molecule has 1 N–H and O–H groups in total. The molecule has 0 radical (unpaired) electrons. The number of hydrogen-bond acceptors (Lipinski definition) is 3. The Morgan fingerprint density at radius 2 is 1.73 bits per heavy atom. The summed E-state index contributed by atoms with van der Waals surface area (Å²) in [5.41, 5.74) is 2.31. The number of aromatic amines is 1. The molecule has 4 nitrogen and oxygen atoms in total. The lowest BCUT2D eigenvalue weighted by Gasteiger charge is -2.21. The highest BCUT2D eigenvalue weighted by molar-refractivity contribution is 7.91. The van der Waals surface area contributed by atoms with Crippen molar-refractivity contribution in [3.63, 3.8) is 0 Å². The first-order chi connectivity index (χ1) is 12.5. The lowest BCUT2D eigenvalue weighted by molar-refractivity contribution is -0.347. The Morgan fingerprint density at radius 3 is 2.42 bits per heavy atom. The van der Waals surface area contributed by atoms with Crippen LogP contribution in [0, 0.1) is 12.7 Å². The third-order valence-corrected chi connectivity index (χ3v) is 6.65. The SMILES string of the molecule is Cc1ccc(S(=O)(=O)c2c[nH+]c3ccc(F)cc3c2N2CCCC2)cc1. The molecule has 4 rings (SSSR count). The van der Waals surface area contributed by atoms with Crippen LogP contribution in [0.25, 0.3) is 10.9 Å². The molecule has 1 aliphatic heterocycles. The minimum Gasteiger partial charge on any atom is -0.370 e. The van der Waals surface area contributed by atoms with Crippen LogP contribution in [0.2, 0.25) is 0 Å². The fourth-order valence-electron chi connectivity index (χ4n) is 3.50. The average molecular weight is 371 g/mol. The van der Waals surface area contributed by atoms with Crippen molar-refractivity contribution < 1.29 is 17.8 Å². The Bertz CT molecular complexity index is 1070. The normalized spacial score (nSPS) is 14.9. The number of anilines is 1. The van der Waals surface area contributed by atoms with Gasteiger partial charge in [0.25, 0.3) is 0 Å². The van der Waals surface area contributed by atoms with Gasteiger partial charge in [0.2, 0.25) is 15.4 Å². The van der Waals surface area contributed by atoms with Crippen LogP contribution in [0.1, 0.15) is 18.4 Å². The van der Waals surface area contributed by atoms with Crippen LogP contribution in [0.4, 0.5) is 10.1 Å². The summed E-state index contributed by atoms with van der Waals surface area (Å²) in [7, 11) is -3.72. The Kier molecular flexibility index (Phi) is 4.15. The molecule has 0 saturated carbocycles. The topological polar surface area (TPSA) is 51.5 Å². The predicted molar refractivity (Wildman–Crippen MR) is 98.5 cm³/mol. The highest BCUT2D eigenvalue weighted by Gasteiger charge is 2.30. The quantitative estimate of drug-likeness (QED) is 0.708. The van der Waals surface area contributed by atoms with Crippen molar-refractivity contribution in [2.24, 2.45) is 0 Å². The van der Waals surface area contributed by atoms with Gasteiger partial charge < -0.3 is 4.90 Å². The summed E-state index contributed by atoms with van der Waals surface area (Å²) < 4.78 is 40.5. The van der Waals surface area contributed by atoms with Gasteiger partial charge in [-0.3, -0.25) is 0 Å². The minimum absolute atomic E-state index is 0.196. The van der Waals surface area contributed by atoms with E-state index >= 15 is 0 Å². The molecular weight excluding hydrogens is 351 g/mol. The van der Waals surface area contributed by atoms with Crippen LogP contribution < -0.4 is 9.88 Å². The molecule has 1 aliphatic rings. The molecule has 134 valence electrons. The second-order valence-corrected chi connectivity index (χ2v) is 8.62. The van der Waals surface area contributed by atoms with E-state index in [4.69, 9.17) is 0 Å². The van der Waals surface area contributed by atoms with Crippen molar-refractivity contribution in [3.05, 3.63) is 60.0 Å². The molecule has 0 spiro atoms. The van der Waals surface area contributed by atoms with Crippen molar-refractivity contribution >= 4 is 26.4 Å². The van der Waals surface area contributed by atoms with Crippen molar-refractivity contribution in [2.45, 2.75) is 29.6 Å². The first-order valence-corrected chi connectivity index (χ1v) is 10.2. The first kappa shape index (κ1) is 17.0. The molecule has 2 heterocycles. The molecule has 0 bridgehead atoms. The van der Waals surface area contributed by atoms with Crippen molar-refractivity contribution in [3.8, 4) is 0 Å². The molecule has 0 atom stereocenters. The van der Waals surface area contributed by atoms with E-state index in [9.17, 15) is 12.8 Å². The number of benzene rings is 2. The third-order valence-electron chi connectivity index (χ3n) is 4.87. The number of halogens is 1. The fourth-order valence-corrected chi connectivity index (χ4v) is 4.95. The maximum atomic E-state index is 13.9. The summed E-state index contributed by atoms with van der Waals surface area (Å²) in [6.07, 6.45) is 3.53. The highest BCUT2D eigenvalue weighted by atomic mass is 32.2. The number of fused-ring (bicyclic) bond motifs is 1.